The lowest BCUT2D eigenvalue weighted by atomic mass is 10.1. The summed E-state index contributed by atoms with van der Waals surface area (Å²) in [5, 5.41) is 1.05. The number of hydrogen-bond acceptors (Lipinski definition) is 5. The van der Waals surface area contributed by atoms with Crippen LogP contribution < -0.4 is 5.73 Å². The Hall–Kier alpha value is -2.53. The van der Waals surface area contributed by atoms with E-state index < -0.39 is 0 Å². The summed E-state index contributed by atoms with van der Waals surface area (Å²) < 4.78 is 5.10. The molecule has 2 aromatic heterocycles. The minimum Gasteiger partial charge on any atom is -0.384 e. The molecule has 0 unspecified atom stereocenters. The molecule has 0 amide bonds. The van der Waals surface area contributed by atoms with Crippen LogP contribution in [0.4, 0.5) is 5.82 Å². The number of nitrogen functional groups attached to an aromatic ring is 1. The summed E-state index contributed by atoms with van der Waals surface area (Å²) in [7, 11) is 1.62. The Bertz CT molecular complexity index is 752. The number of nitrogens with zero attached hydrogens (tertiary/aromatic N) is 3. The molecule has 0 aliphatic heterocycles. The fourth-order valence-corrected chi connectivity index (χ4v) is 2.15. The van der Waals surface area contributed by atoms with Crippen molar-refractivity contribution in [2.24, 2.45) is 0 Å². The van der Waals surface area contributed by atoms with Crippen LogP contribution in [-0.4, -0.2) is 22.1 Å². The van der Waals surface area contributed by atoms with Gasteiger partial charge >= 0.3 is 0 Å². The standard InChI is InChI=1S/C15H14N4O/c1-20-9-11-8-13(16)19-15(18-11)12-6-2-4-10-5-3-7-17-14(10)12/h2-8H,9H2,1H3,(H2,16,18,19). The molecule has 2 heterocycles. The fourth-order valence-electron chi connectivity index (χ4n) is 2.15. The van der Waals surface area contributed by atoms with Crippen LogP contribution in [-0.2, 0) is 11.3 Å². The summed E-state index contributed by atoms with van der Waals surface area (Å²) in [6.45, 7) is 0.401. The molecule has 5 nitrogen and oxygen atoms in total. The van der Waals surface area contributed by atoms with Gasteiger partial charge in [0.1, 0.15) is 5.82 Å². The Balaban J connectivity index is 2.20. The maximum Gasteiger partial charge on any atom is 0.164 e. The van der Waals surface area contributed by atoms with Crippen LogP contribution in [0.3, 0.4) is 0 Å². The number of fused-ring (bicyclic) bond motifs is 1. The Kier molecular flexibility index (Phi) is 3.26. The van der Waals surface area contributed by atoms with Gasteiger partial charge in [0.05, 0.1) is 17.8 Å². The normalized spacial score (nSPS) is 10.8. The van der Waals surface area contributed by atoms with Crippen molar-refractivity contribution in [2.45, 2.75) is 6.61 Å². The quantitative estimate of drug-likeness (QED) is 0.788. The van der Waals surface area contributed by atoms with E-state index in [0.717, 1.165) is 22.2 Å². The monoisotopic (exact) mass is 266 g/mol. The average molecular weight is 266 g/mol. The molecule has 1 aromatic carbocycles. The molecule has 3 rings (SSSR count). The third kappa shape index (κ3) is 2.31. The molecule has 2 N–H and O–H groups in total. The number of benzene rings is 1. The maximum atomic E-state index is 5.84. The Labute approximate surface area is 116 Å². The van der Waals surface area contributed by atoms with E-state index in [1.165, 1.54) is 0 Å². The van der Waals surface area contributed by atoms with Gasteiger partial charge in [-0.15, -0.1) is 0 Å². The van der Waals surface area contributed by atoms with Crippen molar-refractivity contribution >= 4 is 16.7 Å². The minimum atomic E-state index is 0.401. The molecule has 0 saturated carbocycles. The Morgan fingerprint density at radius 2 is 2.00 bits per heavy atom. The topological polar surface area (TPSA) is 73.9 Å². The first kappa shape index (κ1) is 12.5. The summed E-state index contributed by atoms with van der Waals surface area (Å²) >= 11 is 0. The second-order valence-corrected chi connectivity index (χ2v) is 4.42. The lowest BCUT2D eigenvalue weighted by molar-refractivity contribution is 0.181. The first-order chi connectivity index (χ1) is 9.78. The number of pyridine rings is 1. The predicted molar refractivity (Wildman–Crippen MR) is 77.9 cm³/mol. The zero-order chi connectivity index (χ0) is 13.9. The summed E-state index contributed by atoms with van der Waals surface area (Å²) in [4.78, 5) is 13.2. The smallest absolute Gasteiger partial charge is 0.164 e. The molecule has 0 bridgehead atoms. The van der Waals surface area contributed by atoms with Gasteiger partial charge < -0.3 is 10.5 Å². The highest BCUT2D eigenvalue weighted by Gasteiger charge is 2.09. The number of methoxy groups -OCH3 is 1. The van der Waals surface area contributed by atoms with Gasteiger partial charge in [0.2, 0.25) is 0 Å². The highest BCUT2D eigenvalue weighted by molar-refractivity contribution is 5.91. The highest BCUT2D eigenvalue weighted by Crippen LogP contribution is 2.25. The zero-order valence-electron chi connectivity index (χ0n) is 11.1. The lowest BCUT2D eigenvalue weighted by Crippen LogP contribution is -2.01. The number of para-hydroxylation sites is 1. The third-order valence-electron chi connectivity index (χ3n) is 2.96. The van der Waals surface area contributed by atoms with E-state index in [1.54, 1.807) is 19.4 Å². The van der Waals surface area contributed by atoms with E-state index in [-0.39, 0.29) is 0 Å². The maximum absolute atomic E-state index is 5.84. The van der Waals surface area contributed by atoms with Crippen molar-refractivity contribution < 1.29 is 4.74 Å². The van der Waals surface area contributed by atoms with Gasteiger partial charge in [-0.2, -0.15) is 0 Å². The first-order valence-electron chi connectivity index (χ1n) is 6.24. The SMILES string of the molecule is COCc1cc(N)nc(-c2cccc3cccnc23)n1. The number of anilines is 1. The first-order valence-corrected chi connectivity index (χ1v) is 6.24. The van der Waals surface area contributed by atoms with Gasteiger partial charge in [-0.05, 0) is 12.1 Å². The van der Waals surface area contributed by atoms with E-state index >= 15 is 0 Å². The van der Waals surface area contributed by atoms with Gasteiger partial charge in [-0.3, -0.25) is 4.98 Å². The molecule has 0 fully saturated rings. The summed E-state index contributed by atoms with van der Waals surface area (Å²) in [5.41, 5.74) is 8.33. The van der Waals surface area contributed by atoms with Crippen LogP contribution in [0.15, 0.2) is 42.6 Å². The van der Waals surface area contributed by atoms with E-state index in [4.69, 9.17) is 10.5 Å². The number of ether oxygens (including phenoxy) is 1. The van der Waals surface area contributed by atoms with Gasteiger partial charge in [0.25, 0.3) is 0 Å². The van der Waals surface area contributed by atoms with E-state index in [0.29, 0.717) is 18.2 Å². The minimum absolute atomic E-state index is 0.401. The predicted octanol–water partition coefficient (Wildman–Crippen LogP) is 2.42. The van der Waals surface area contributed by atoms with E-state index in [1.807, 2.05) is 30.3 Å². The van der Waals surface area contributed by atoms with Crippen LogP contribution in [0.1, 0.15) is 5.69 Å². The van der Waals surface area contributed by atoms with Crippen molar-refractivity contribution in [1.29, 1.82) is 0 Å². The largest absolute Gasteiger partial charge is 0.384 e. The van der Waals surface area contributed by atoms with Crippen LogP contribution in [0.5, 0.6) is 0 Å². The van der Waals surface area contributed by atoms with E-state index in [9.17, 15) is 0 Å². The van der Waals surface area contributed by atoms with Gasteiger partial charge in [0, 0.05) is 30.3 Å². The van der Waals surface area contributed by atoms with Crippen molar-refractivity contribution in [1.82, 2.24) is 15.0 Å². The molecule has 5 heteroatoms. The second-order valence-electron chi connectivity index (χ2n) is 4.42. The molecule has 3 aromatic rings. The van der Waals surface area contributed by atoms with Gasteiger partial charge in [-0.25, -0.2) is 9.97 Å². The summed E-state index contributed by atoms with van der Waals surface area (Å²) in [5.74, 6) is 0.997. The van der Waals surface area contributed by atoms with Crippen LogP contribution in [0, 0.1) is 0 Å². The molecule has 0 aliphatic carbocycles. The Morgan fingerprint density at radius 3 is 2.85 bits per heavy atom. The Morgan fingerprint density at radius 1 is 1.15 bits per heavy atom. The van der Waals surface area contributed by atoms with Crippen molar-refractivity contribution in [3.05, 3.63) is 48.3 Å². The fraction of sp³-hybridized carbons (Fsp3) is 0.133. The van der Waals surface area contributed by atoms with Crippen molar-refractivity contribution in [2.75, 3.05) is 12.8 Å². The molecule has 0 spiro atoms. The van der Waals surface area contributed by atoms with Gasteiger partial charge in [-0.1, -0.05) is 18.2 Å². The molecule has 0 aliphatic rings. The number of aromatic nitrogens is 3. The molecular weight excluding hydrogens is 252 g/mol. The van der Waals surface area contributed by atoms with Crippen LogP contribution in [0.25, 0.3) is 22.3 Å². The summed E-state index contributed by atoms with van der Waals surface area (Å²) in [6.07, 6.45) is 1.76. The molecule has 0 radical (unpaired) electrons. The zero-order valence-corrected chi connectivity index (χ0v) is 11.1. The summed E-state index contributed by atoms with van der Waals surface area (Å²) in [6, 6.07) is 11.5. The molecule has 20 heavy (non-hydrogen) atoms. The lowest BCUT2D eigenvalue weighted by Gasteiger charge is -2.07. The third-order valence-corrected chi connectivity index (χ3v) is 2.96. The number of hydrogen-bond donors (Lipinski definition) is 1. The van der Waals surface area contributed by atoms with E-state index in [2.05, 4.69) is 15.0 Å². The highest BCUT2D eigenvalue weighted by atomic mass is 16.5. The van der Waals surface area contributed by atoms with Gasteiger partial charge in [0.15, 0.2) is 5.82 Å². The number of nitrogens with two attached hydrogens (primary N) is 1. The molecular formula is C15H14N4O. The molecule has 0 atom stereocenters. The average Bonchev–Trinajstić information content (AvgIpc) is 2.46. The molecule has 0 saturated heterocycles. The number of rotatable bonds is 3. The van der Waals surface area contributed by atoms with Crippen LogP contribution in [0.2, 0.25) is 0 Å². The second kappa shape index (κ2) is 5.22. The van der Waals surface area contributed by atoms with Crippen LogP contribution >= 0.6 is 0 Å². The van der Waals surface area contributed by atoms with Crippen molar-refractivity contribution in [3.63, 3.8) is 0 Å². The van der Waals surface area contributed by atoms with Crippen molar-refractivity contribution in [3.8, 4) is 11.4 Å². The molecule has 100 valence electrons.